The molecule has 4 nitrogen and oxygen atoms in total. The molecule has 0 aromatic heterocycles. The molecule has 1 aliphatic heterocycles. The molecular formula is C19H33N3O. The summed E-state index contributed by atoms with van der Waals surface area (Å²) in [6.45, 7) is 12.5. The molecule has 1 saturated heterocycles. The highest BCUT2D eigenvalue weighted by atomic mass is 16.5. The lowest BCUT2D eigenvalue weighted by Gasteiger charge is -2.38. The third-order valence-electron chi connectivity index (χ3n) is 4.72. The number of hydrogen-bond donors (Lipinski definition) is 2. The van der Waals surface area contributed by atoms with E-state index in [1.54, 1.807) is 0 Å². The van der Waals surface area contributed by atoms with E-state index in [2.05, 4.69) is 50.0 Å². The van der Waals surface area contributed by atoms with Crippen LogP contribution in [-0.4, -0.2) is 38.4 Å². The van der Waals surface area contributed by atoms with Crippen molar-refractivity contribution in [2.24, 2.45) is 5.73 Å². The Kier molecular flexibility index (Phi) is 6.72. The van der Waals surface area contributed by atoms with Crippen molar-refractivity contribution in [3.63, 3.8) is 0 Å². The zero-order valence-electron chi connectivity index (χ0n) is 15.2. The number of nitrogens with two attached hydrogens (primary N) is 1. The van der Waals surface area contributed by atoms with Crippen LogP contribution in [0.25, 0.3) is 0 Å². The molecule has 0 radical (unpaired) electrons. The minimum Gasteiger partial charge on any atom is -0.385 e. The van der Waals surface area contributed by atoms with E-state index in [-0.39, 0.29) is 0 Å². The van der Waals surface area contributed by atoms with Crippen LogP contribution in [0.5, 0.6) is 0 Å². The minimum atomic E-state index is 0.291. The number of morpholine rings is 1. The van der Waals surface area contributed by atoms with Gasteiger partial charge in [0.25, 0.3) is 0 Å². The van der Waals surface area contributed by atoms with E-state index < -0.39 is 0 Å². The van der Waals surface area contributed by atoms with Crippen LogP contribution < -0.4 is 16.0 Å². The third kappa shape index (κ3) is 4.85. The minimum absolute atomic E-state index is 0.291. The highest BCUT2D eigenvalue weighted by Gasteiger charge is 2.23. The van der Waals surface area contributed by atoms with E-state index in [0.717, 1.165) is 32.6 Å². The van der Waals surface area contributed by atoms with Crippen LogP contribution in [0.1, 0.15) is 44.2 Å². The summed E-state index contributed by atoms with van der Waals surface area (Å²) in [5.41, 5.74) is 10.9. The summed E-state index contributed by atoms with van der Waals surface area (Å²) >= 11 is 0. The Balaban J connectivity index is 2.02. The van der Waals surface area contributed by atoms with Gasteiger partial charge in [-0.15, -0.1) is 0 Å². The summed E-state index contributed by atoms with van der Waals surface area (Å²) in [6.07, 6.45) is 4.07. The van der Waals surface area contributed by atoms with Crippen LogP contribution in [0.4, 0.5) is 11.4 Å². The van der Waals surface area contributed by atoms with Gasteiger partial charge in [-0.25, -0.2) is 0 Å². The van der Waals surface area contributed by atoms with Crippen LogP contribution in [0, 0.1) is 13.8 Å². The molecule has 0 spiro atoms. The fourth-order valence-electron chi connectivity index (χ4n) is 3.38. The van der Waals surface area contributed by atoms with Gasteiger partial charge >= 0.3 is 0 Å². The molecule has 2 atom stereocenters. The third-order valence-corrected chi connectivity index (χ3v) is 4.72. The SMILES string of the molecule is Cc1c(NCCCCCN)ccc(N2CC(C)O[C@H](C)C2)c1C. The Morgan fingerprint density at radius 2 is 1.78 bits per heavy atom. The van der Waals surface area contributed by atoms with Gasteiger partial charge < -0.3 is 20.7 Å². The lowest BCUT2D eigenvalue weighted by Crippen LogP contribution is -2.45. The fraction of sp³-hybridized carbons (Fsp3) is 0.684. The molecule has 1 heterocycles. The van der Waals surface area contributed by atoms with Crippen molar-refractivity contribution in [3.8, 4) is 0 Å². The monoisotopic (exact) mass is 319 g/mol. The molecule has 0 aliphatic carbocycles. The maximum Gasteiger partial charge on any atom is 0.0726 e. The summed E-state index contributed by atoms with van der Waals surface area (Å²) in [6, 6.07) is 4.49. The molecule has 1 aromatic carbocycles. The molecule has 4 heteroatoms. The van der Waals surface area contributed by atoms with Crippen molar-refractivity contribution in [2.75, 3.05) is 36.4 Å². The summed E-state index contributed by atoms with van der Waals surface area (Å²) < 4.78 is 5.85. The molecule has 3 N–H and O–H groups in total. The molecule has 1 aliphatic rings. The molecule has 1 fully saturated rings. The Bertz CT molecular complexity index is 494. The number of ether oxygens (including phenoxy) is 1. The van der Waals surface area contributed by atoms with Crippen LogP contribution >= 0.6 is 0 Å². The smallest absolute Gasteiger partial charge is 0.0726 e. The van der Waals surface area contributed by atoms with E-state index in [1.807, 2.05) is 0 Å². The van der Waals surface area contributed by atoms with Gasteiger partial charge in [-0.2, -0.15) is 0 Å². The van der Waals surface area contributed by atoms with Crippen molar-refractivity contribution in [2.45, 2.75) is 59.2 Å². The topological polar surface area (TPSA) is 50.5 Å². The van der Waals surface area contributed by atoms with Crippen LogP contribution in [-0.2, 0) is 4.74 Å². The molecule has 130 valence electrons. The number of rotatable bonds is 7. The van der Waals surface area contributed by atoms with Gasteiger partial charge in [0.15, 0.2) is 0 Å². The zero-order valence-corrected chi connectivity index (χ0v) is 15.2. The molecule has 23 heavy (non-hydrogen) atoms. The Morgan fingerprint density at radius 1 is 1.09 bits per heavy atom. The predicted molar refractivity (Wildman–Crippen MR) is 99.5 cm³/mol. The average molecular weight is 319 g/mol. The van der Waals surface area contributed by atoms with E-state index >= 15 is 0 Å². The molecule has 2 rings (SSSR count). The highest BCUT2D eigenvalue weighted by molar-refractivity contribution is 5.66. The van der Waals surface area contributed by atoms with Crippen molar-refractivity contribution in [3.05, 3.63) is 23.3 Å². The summed E-state index contributed by atoms with van der Waals surface area (Å²) in [5.74, 6) is 0. The van der Waals surface area contributed by atoms with Crippen molar-refractivity contribution in [1.82, 2.24) is 0 Å². The second-order valence-corrected chi connectivity index (χ2v) is 6.82. The maximum atomic E-state index is 5.85. The normalized spacial score (nSPS) is 21.5. The second-order valence-electron chi connectivity index (χ2n) is 6.82. The van der Waals surface area contributed by atoms with Gasteiger partial charge in [-0.1, -0.05) is 6.42 Å². The molecule has 0 amide bonds. The summed E-state index contributed by atoms with van der Waals surface area (Å²) in [7, 11) is 0. The second kappa shape index (κ2) is 8.55. The van der Waals surface area contributed by atoms with Crippen molar-refractivity contribution < 1.29 is 4.74 Å². The summed E-state index contributed by atoms with van der Waals surface area (Å²) in [4.78, 5) is 2.46. The number of hydrogen-bond acceptors (Lipinski definition) is 4. The van der Waals surface area contributed by atoms with E-state index in [9.17, 15) is 0 Å². The lowest BCUT2D eigenvalue weighted by atomic mass is 10.0. The van der Waals surface area contributed by atoms with Gasteiger partial charge in [0.2, 0.25) is 0 Å². The maximum absolute atomic E-state index is 5.85. The number of benzene rings is 1. The van der Waals surface area contributed by atoms with Crippen LogP contribution in [0.15, 0.2) is 12.1 Å². The number of unbranched alkanes of at least 4 members (excludes halogenated alkanes) is 2. The largest absolute Gasteiger partial charge is 0.385 e. The first kappa shape index (κ1) is 18.1. The zero-order chi connectivity index (χ0) is 16.8. The van der Waals surface area contributed by atoms with E-state index in [4.69, 9.17) is 10.5 Å². The molecule has 0 saturated carbocycles. The standard InChI is InChI=1S/C19H33N3O/c1-14-12-22(13-15(2)23-14)19-9-8-18(16(3)17(19)4)21-11-7-5-6-10-20/h8-9,14-15,21H,5-7,10-13,20H2,1-4H3/t14-,15?/m1/s1. The van der Waals surface area contributed by atoms with Crippen LogP contribution in [0.3, 0.4) is 0 Å². The van der Waals surface area contributed by atoms with Crippen molar-refractivity contribution in [1.29, 1.82) is 0 Å². The van der Waals surface area contributed by atoms with Gasteiger partial charge in [0.05, 0.1) is 12.2 Å². The van der Waals surface area contributed by atoms with E-state index in [0.29, 0.717) is 12.2 Å². The fourth-order valence-corrected chi connectivity index (χ4v) is 3.38. The number of anilines is 2. The Hall–Kier alpha value is -1.26. The molecule has 1 aromatic rings. The first-order valence-corrected chi connectivity index (χ1v) is 8.97. The summed E-state index contributed by atoms with van der Waals surface area (Å²) in [5, 5.41) is 3.58. The first-order chi connectivity index (χ1) is 11.0. The van der Waals surface area contributed by atoms with Gasteiger partial charge in [0, 0.05) is 31.0 Å². The highest BCUT2D eigenvalue weighted by Crippen LogP contribution is 2.30. The average Bonchev–Trinajstić information content (AvgIpc) is 2.50. The van der Waals surface area contributed by atoms with Gasteiger partial charge in [-0.05, 0) is 70.3 Å². The van der Waals surface area contributed by atoms with Gasteiger partial charge in [-0.3, -0.25) is 0 Å². The van der Waals surface area contributed by atoms with Crippen molar-refractivity contribution >= 4 is 11.4 Å². The first-order valence-electron chi connectivity index (χ1n) is 8.97. The number of nitrogens with zero attached hydrogens (tertiary/aromatic N) is 1. The Morgan fingerprint density at radius 3 is 2.43 bits per heavy atom. The van der Waals surface area contributed by atoms with Crippen LogP contribution in [0.2, 0.25) is 0 Å². The Labute approximate surface area is 141 Å². The molecule has 1 unspecified atom stereocenters. The predicted octanol–water partition coefficient (Wildman–Crippen LogP) is 3.46. The van der Waals surface area contributed by atoms with Gasteiger partial charge in [0.1, 0.15) is 0 Å². The molecule has 0 bridgehead atoms. The number of nitrogens with one attached hydrogen (secondary N) is 1. The molecular weight excluding hydrogens is 286 g/mol. The van der Waals surface area contributed by atoms with E-state index in [1.165, 1.54) is 35.3 Å². The lowest BCUT2D eigenvalue weighted by molar-refractivity contribution is -0.00524. The quantitative estimate of drug-likeness (QED) is 0.756.